The molecule has 0 radical (unpaired) electrons. The van der Waals surface area contributed by atoms with Gasteiger partial charge in [0.25, 0.3) is 0 Å². The van der Waals surface area contributed by atoms with Gasteiger partial charge >= 0.3 is 0 Å². The third kappa shape index (κ3) is 4.43. The SMILES string of the molecule is CC(CO)SCC(=O)Nc1ccccc1Cl. The Bertz CT molecular complexity index is 360. The molecule has 3 nitrogen and oxygen atoms in total. The highest BCUT2D eigenvalue weighted by Crippen LogP contribution is 2.20. The molecule has 0 aliphatic carbocycles. The number of aliphatic hydroxyl groups is 1. The van der Waals surface area contributed by atoms with E-state index in [0.29, 0.717) is 16.5 Å². The normalized spacial score (nSPS) is 12.2. The maximum atomic E-state index is 11.5. The minimum Gasteiger partial charge on any atom is -0.395 e. The van der Waals surface area contributed by atoms with Crippen LogP contribution in [0.4, 0.5) is 5.69 Å². The van der Waals surface area contributed by atoms with Crippen LogP contribution in [-0.2, 0) is 4.79 Å². The number of aliphatic hydroxyl groups excluding tert-OH is 1. The van der Waals surface area contributed by atoms with E-state index in [9.17, 15) is 4.79 Å². The lowest BCUT2D eigenvalue weighted by atomic mass is 10.3. The molecule has 0 bridgehead atoms. The van der Waals surface area contributed by atoms with Crippen LogP contribution < -0.4 is 5.32 Å². The molecule has 0 aromatic heterocycles. The molecule has 1 amide bonds. The van der Waals surface area contributed by atoms with Gasteiger partial charge < -0.3 is 10.4 Å². The Morgan fingerprint density at radius 3 is 2.88 bits per heavy atom. The second-order valence-corrected chi connectivity index (χ2v) is 5.17. The molecule has 1 rings (SSSR count). The van der Waals surface area contributed by atoms with Gasteiger partial charge in [-0.3, -0.25) is 4.79 Å². The molecule has 0 aliphatic rings. The molecule has 2 N–H and O–H groups in total. The number of amides is 1. The van der Waals surface area contributed by atoms with E-state index in [0.717, 1.165) is 0 Å². The Labute approximate surface area is 104 Å². The molecule has 0 spiro atoms. The Hall–Kier alpha value is -0.710. The van der Waals surface area contributed by atoms with Crippen molar-refractivity contribution in [3.05, 3.63) is 29.3 Å². The number of carbonyl (C=O) groups is 1. The highest BCUT2D eigenvalue weighted by Gasteiger charge is 2.07. The van der Waals surface area contributed by atoms with Crippen molar-refractivity contribution in [1.29, 1.82) is 0 Å². The summed E-state index contributed by atoms with van der Waals surface area (Å²) in [5.41, 5.74) is 0.617. The summed E-state index contributed by atoms with van der Waals surface area (Å²) in [6, 6.07) is 7.09. The molecule has 1 unspecified atom stereocenters. The summed E-state index contributed by atoms with van der Waals surface area (Å²) in [5, 5.41) is 12.1. The lowest BCUT2D eigenvalue weighted by Gasteiger charge is -2.09. The number of para-hydroxylation sites is 1. The first-order valence-corrected chi connectivity index (χ1v) is 6.33. The number of hydrogen-bond acceptors (Lipinski definition) is 3. The van der Waals surface area contributed by atoms with E-state index in [1.54, 1.807) is 18.2 Å². The summed E-state index contributed by atoms with van der Waals surface area (Å²) in [4.78, 5) is 11.5. The maximum Gasteiger partial charge on any atom is 0.234 e. The lowest BCUT2D eigenvalue weighted by Crippen LogP contribution is -2.17. The molecular weight excluding hydrogens is 246 g/mol. The van der Waals surface area contributed by atoms with Gasteiger partial charge in [0.2, 0.25) is 5.91 Å². The van der Waals surface area contributed by atoms with Crippen molar-refractivity contribution < 1.29 is 9.90 Å². The van der Waals surface area contributed by atoms with Crippen LogP contribution in [0, 0.1) is 0 Å². The van der Waals surface area contributed by atoms with Crippen molar-refractivity contribution >= 4 is 35.0 Å². The van der Waals surface area contributed by atoms with Crippen LogP contribution in [0.3, 0.4) is 0 Å². The van der Waals surface area contributed by atoms with Gasteiger partial charge in [0, 0.05) is 5.25 Å². The summed E-state index contributed by atoms with van der Waals surface area (Å²) in [6.07, 6.45) is 0. The number of thioether (sulfide) groups is 1. The monoisotopic (exact) mass is 259 g/mol. The highest BCUT2D eigenvalue weighted by molar-refractivity contribution is 8.00. The number of nitrogens with one attached hydrogen (secondary N) is 1. The fourth-order valence-corrected chi connectivity index (χ4v) is 1.82. The van der Waals surface area contributed by atoms with Crippen LogP contribution in [0.2, 0.25) is 5.02 Å². The Morgan fingerprint density at radius 2 is 2.25 bits per heavy atom. The number of hydrogen-bond donors (Lipinski definition) is 2. The van der Waals surface area contributed by atoms with E-state index >= 15 is 0 Å². The van der Waals surface area contributed by atoms with Gasteiger partial charge in [-0.25, -0.2) is 0 Å². The molecular formula is C11H14ClNO2S. The molecule has 0 saturated heterocycles. The van der Waals surface area contributed by atoms with Gasteiger partial charge in [0.05, 0.1) is 23.1 Å². The second-order valence-electron chi connectivity index (χ2n) is 3.33. The van der Waals surface area contributed by atoms with E-state index in [2.05, 4.69) is 5.32 Å². The van der Waals surface area contributed by atoms with Crippen LogP contribution in [-0.4, -0.2) is 28.6 Å². The third-order valence-electron chi connectivity index (χ3n) is 1.90. The molecule has 16 heavy (non-hydrogen) atoms. The van der Waals surface area contributed by atoms with Gasteiger partial charge in [-0.2, -0.15) is 0 Å². The second kappa shape index (κ2) is 6.78. The molecule has 5 heteroatoms. The van der Waals surface area contributed by atoms with Crippen LogP contribution in [0.15, 0.2) is 24.3 Å². The standard InChI is InChI=1S/C11H14ClNO2S/c1-8(6-14)16-7-11(15)13-10-5-3-2-4-9(10)12/h2-5,8,14H,6-7H2,1H3,(H,13,15). The number of rotatable bonds is 5. The first-order chi connectivity index (χ1) is 7.63. The minimum atomic E-state index is -0.113. The Kier molecular flexibility index (Phi) is 5.66. The fraction of sp³-hybridized carbons (Fsp3) is 0.364. The minimum absolute atomic E-state index is 0.0667. The van der Waals surface area contributed by atoms with E-state index < -0.39 is 0 Å². The van der Waals surface area contributed by atoms with Crippen molar-refractivity contribution in [2.24, 2.45) is 0 Å². The first-order valence-electron chi connectivity index (χ1n) is 4.90. The van der Waals surface area contributed by atoms with Crippen molar-refractivity contribution in [2.75, 3.05) is 17.7 Å². The van der Waals surface area contributed by atoms with Crippen molar-refractivity contribution in [3.63, 3.8) is 0 Å². The predicted molar refractivity (Wildman–Crippen MR) is 69.1 cm³/mol. The van der Waals surface area contributed by atoms with E-state index in [1.165, 1.54) is 11.8 Å². The third-order valence-corrected chi connectivity index (χ3v) is 3.38. The van der Waals surface area contributed by atoms with Gasteiger partial charge in [0.1, 0.15) is 0 Å². The number of halogens is 1. The Balaban J connectivity index is 2.43. The summed E-state index contributed by atoms with van der Waals surface area (Å²) >= 11 is 7.30. The van der Waals surface area contributed by atoms with Gasteiger partial charge in [0.15, 0.2) is 0 Å². The van der Waals surface area contributed by atoms with Gasteiger partial charge in [-0.05, 0) is 12.1 Å². The van der Waals surface area contributed by atoms with Gasteiger partial charge in [-0.15, -0.1) is 11.8 Å². The molecule has 1 atom stereocenters. The van der Waals surface area contributed by atoms with Gasteiger partial charge in [-0.1, -0.05) is 30.7 Å². The van der Waals surface area contributed by atoms with Crippen molar-refractivity contribution in [1.82, 2.24) is 0 Å². The van der Waals surface area contributed by atoms with Crippen LogP contribution in [0.1, 0.15) is 6.92 Å². The fourth-order valence-electron chi connectivity index (χ4n) is 1.02. The van der Waals surface area contributed by atoms with E-state index in [1.807, 2.05) is 13.0 Å². The summed E-state index contributed by atoms with van der Waals surface area (Å²) in [6.45, 7) is 1.94. The molecule has 88 valence electrons. The quantitative estimate of drug-likeness (QED) is 0.854. The first kappa shape index (κ1) is 13.4. The zero-order valence-corrected chi connectivity index (χ0v) is 10.5. The van der Waals surface area contributed by atoms with Crippen molar-refractivity contribution in [3.8, 4) is 0 Å². The smallest absolute Gasteiger partial charge is 0.234 e. The number of carbonyl (C=O) groups excluding carboxylic acids is 1. The molecule has 0 saturated carbocycles. The van der Waals surface area contributed by atoms with Crippen molar-refractivity contribution in [2.45, 2.75) is 12.2 Å². The summed E-state index contributed by atoms with van der Waals surface area (Å²) < 4.78 is 0. The lowest BCUT2D eigenvalue weighted by molar-refractivity contribution is -0.113. The zero-order chi connectivity index (χ0) is 12.0. The maximum absolute atomic E-state index is 11.5. The average molecular weight is 260 g/mol. The van der Waals surface area contributed by atoms with Crippen LogP contribution in [0.5, 0.6) is 0 Å². The summed E-state index contributed by atoms with van der Waals surface area (Å²) in [7, 11) is 0. The largest absolute Gasteiger partial charge is 0.395 e. The zero-order valence-electron chi connectivity index (χ0n) is 8.94. The van der Waals surface area contributed by atoms with Crippen LogP contribution >= 0.6 is 23.4 Å². The topological polar surface area (TPSA) is 49.3 Å². The van der Waals surface area contributed by atoms with E-state index in [4.69, 9.17) is 16.7 Å². The highest BCUT2D eigenvalue weighted by atomic mass is 35.5. The van der Waals surface area contributed by atoms with E-state index in [-0.39, 0.29) is 17.8 Å². The Morgan fingerprint density at radius 1 is 1.56 bits per heavy atom. The molecule has 1 aromatic carbocycles. The molecule has 0 fully saturated rings. The molecule has 1 aromatic rings. The predicted octanol–water partition coefficient (Wildman–Crippen LogP) is 2.39. The molecule has 0 aliphatic heterocycles. The number of benzene rings is 1. The van der Waals surface area contributed by atoms with Crippen LogP contribution in [0.25, 0.3) is 0 Å². The summed E-state index contributed by atoms with van der Waals surface area (Å²) in [5.74, 6) is 0.200. The molecule has 0 heterocycles. The average Bonchev–Trinajstić information content (AvgIpc) is 2.29. The number of anilines is 1.